The normalized spacial score (nSPS) is 18.5. The highest BCUT2D eigenvalue weighted by Gasteiger charge is 2.43. The number of alkyl halides is 3. The first-order chi connectivity index (χ1) is 8.97. The van der Waals surface area contributed by atoms with E-state index >= 15 is 0 Å². The molecule has 1 aliphatic rings. The minimum Gasteiger partial charge on any atom is -0.299 e. The Balaban J connectivity index is 1.85. The summed E-state index contributed by atoms with van der Waals surface area (Å²) < 4.78 is 36.9. The van der Waals surface area contributed by atoms with Gasteiger partial charge in [0.05, 0.1) is 0 Å². The van der Waals surface area contributed by atoms with E-state index in [0.29, 0.717) is 25.9 Å². The van der Waals surface area contributed by atoms with Gasteiger partial charge in [0.2, 0.25) is 5.78 Å². The Hall–Kier alpha value is -1.36. The maximum Gasteiger partial charge on any atom is 0.450 e. The Morgan fingerprint density at radius 2 is 1.74 bits per heavy atom. The third-order valence-corrected chi connectivity index (χ3v) is 3.49. The van der Waals surface area contributed by atoms with Crippen molar-refractivity contribution in [3.8, 4) is 0 Å². The number of halogens is 3. The van der Waals surface area contributed by atoms with E-state index in [4.69, 9.17) is 0 Å². The second-order valence-corrected chi connectivity index (χ2v) is 4.90. The molecule has 0 unspecified atom stereocenters. The van der Waals surface area contributed by atoms with Crippen LogP contribution in [0.15, 0.2) is 30.3 Å². The van der Waals surface area contributed by atoms with Crippen LogP contribution in [0.2, 0.25) is 0 Å². The molecule has 0 saturated carbocycles. The van der Waals surface area contributed by atoms with E-state index in [0.717, 1.165) is 12.1 Å². The number of hydrogen-bond donors (Lipinski definition) is 0. The first-order valence-electron chi connectivity index (χ1n) is 6.34. The number of carbonyl (C=O) groups excluding carboxylic acids is 1. The molecular formula is C14H16F3NO. The molecule has 1 aromatic rings. The molecule has 2 rings (SSSR count). The highest BCUT2D eigenvalue weighted by Crippen LogP contribution is 2.28. The molecule has 5 heteroatoms. The molecule has 1 aromatic carbocycles. The first kappa shape index (κ1) is 14.1. The Morgan fingerprint density at radius 3 is 2.26 bits per heavy atom. The number of rotatable bonds is 3. The second kappa shape index (κ2) is 5.74. The summed E-state index contributed by atoms with van der Waals surface area (Å²) in [6.45, 7) is 1.82. The maximum atomic E-state index is 12.3. The standard InChI is InChI=1S/C14H16F3NO/c15-14(16,17)13(19)12-6-8-18(9-7-12)10-11-4-2-1-3-5-11/h1-5,12H,6-10H2. The highest BCUT2D eigenvalue weighted by molar-refractivity contribution is 5.86. The Bertz CT molecular complexity index is 422. The van der Waals surface area contributed by atoms with Gasteiger partial charge in [-0.25, -0.2) is 0 Å². The Labute approximate surface area is 110 Å². The van der Waals surface area contributed by atoms with Gasteiger partial charge in [0.15, 0.2) is 0 Å². The third-order valence-electron chi connectivity index (χ3n) is 3.49. The molecule has 0 radical (unpaired) electrons. The molecule has 0 aliphatic carbocycles. The summed E-state index contributed by atoms with van der Waals surface area (Å²) in [4.78, 5) is 13.2. The van der Waals surface area contributed by atoms with Crippen molar-refractivity contribution in [1.29, 1.82) is 0 Å². The number of ketones is 1. The van der Waals surface area contributed by atoms with E-state index in [1.807, 2.05) is 30.3 Å². The number of Topliss-reactive ketones (excluding diaryl/α,β-unsaturated/α-hetero) is 1. The Kier molecular flexibility index (Phi) is 4.24. The number of carbonyl (C=O) groups is 1. The molecule has 1 fully saturated rings. The van der Waals surface area contributed by atoms with Crippen LogP contribution in [0.25, 0.3) is 0 Å². The van der Waals surface area contributed by atoms with E-state index in [9.17, 15) is 18.0 Å². The van der Waals surface area contributed by atoms with E-state index in [2.05, 4.69) is 4.90 Å². The largest absolute Gasteiger partial charge is 0.450 e. The average molecular weight is 271 g/mol. The molecule has 0 aromatic heterocycles. The number of likely N-dealkylation sites (tertiary alicyclic amines) is 1. The monoisotopic (exact) mass is 271 g/mol. The van der Waals surface area contributed by atoms with Gasteiger partial charge in [0.25, 0.3) is 0 Å². The molecule has 104 valence electrons. The van der Waals surface area contributed by atoms with Gasteiger partial charge in [-0.05, 0) is 31.5 Å². The van der Waals surface area contributed by atoms with Crippen molar-refractivity contribution < 1.29 is 18.0 Å². The van der Waals surface area contributed by atoms with Crippen molar-refractivity contribution in [2.45, 2.75) is 25.6 Å². The van der Waals surface area contributed by atoms with E-state index in [1.54, 1.807) is 0 Å². The van der Waals surface area contributed by atoms with E-state index in [1.165, 1.54) is 0 Å². The van der Waals surface area contributed by atoms with Crippen LogP contribution in [0, 0.1) is 5.92 Å². The lowest BCUT2D eigenvalue weighted by molar-refractivity contribution is -0.177. The third kappa shape index (κ3) is 3.80. The SMILES string of the molecule is O=C(C1CCN(Cc2ccccc2)CC1)C(F)(F)F. The van der Waals surface area contributed by atoms with Crippen LogP contribution in [0.1, 0.15) is 18.4 Å². The van der Waals surface area contributed by atoms with Gasteiger partial charge in [-0.15, -0.1) is 0 Å². The topological polar surface area (TPSA) is 20.3 Å². The second-order valence-electron chi connectivity index (χ2n) is 4.90. The van der Waals surface area contributed by atoms with Crippen molar-refractivity contribution in [3.05, 3.63) is 35.9 Å². The zero-order valence-corrected chi connectivity index (χ0v) is 10.5. The lowest BCUT2D eigenvalue weighted by Crippen LogP contribution is -2.40. The Morgan fingerprint density at radius 1 is 1.16 bits per heavy atom. The van der Waals surface area contributed by atoms with Gasteiger partial charge in [0, 0.05) is 12.5 Å². The first-order valence-corrected chi connectivity index (χ1v) is 6.34. The molecule has 0 spiro atoms. The lowest BCUT2D eigenvalue weighted by Gasteiger charge is -2.31. The van der Waals surface area contributed by atoms with Crippen molar-refractivity contribution in [1.82, 2.24) is 4.90 Å². The number of nitrogens with zero attached hydrogens (tertiary/aromatic N) is 1. The summed E-state index contributed by atoms with van der Waals surface area (Å²) in [7, 11) is 0. The maximum absolute atomic E-state index is 12.3. The number of piperidine rings is 1. The number of benzene rings is 1. The van der Waals surface area contributed by atoms with Crippen molar-refractivity contribution in [2.75, 3.05) is 13.1 Å². The molecule has 1 saturated heterocycles. The minimum atomic E-state index is -4.69. The van der Waals surface area contributed by atoms with Gasteiger partial charge >= 0.3 is 6.18 Å². The molecule has 2 nitrogen and oxygen atoms in total. The summed E-state index contributed by atoms with van der Waals surface area (Å²) in [5.74, 6) is -2.42. The average Bonchev–Trinajstić information content (AvgIpc) is 2.39. The molecular weight excluding hydrogens is 255 g/mol. The fraction of sp³-hybridized carbons (Fsp3) is 0.500. The zero-order valence-electron chi connectivity index (χ0n) is 10.5. The summed E-state index contributed by atoms with van der Waals surface area (Å²) >= 11 is 0. The molecule has 1 aliphatic heterocycles. The lowest BCUT2D eigenvalue weighted by atomic mass is 9.92. The summed E-state index contributed by atoms with van der Waals surface area (Å²) in [6.07, 6.45) is -4.09. The molecule has 0 atom stereocenters. The van der Waals surface area contributed by atoms with E-state index < -0.39 is 17.9 Å². The van der Waals surface area contributed by atoms with Gasteiger partial charge in [0.1, 0.15) is 0 Å². The van der Waals surface area contributed by atoms with E-state index in [-0.39, 0.29) is 0 Å². The van der Waals surface area contributed by atoms with Gasteiger partial charge < -0.3 is 0 Å². The van der Waals surface area contributed by atoms with Crippen LogP contribution in [0.5, 0.6) is 0 Å². The van der Waals surface area contributed by atoms with Crippen LogP contribution >= 0.6 is 0 Å². The van der Waals surface area contributed by atoms with Crippen molar-refractivity contribution in [2.24, 2.45) is 5.92 Å². The van der Waals surface area contributed by atoms with Crippen molar-refractivity contribution >= 4 is 5.78 Å². The van der Waals surface area contributed by atoms with Crippen LogP contribution in [0.3, 0.4) is 0 Å². The summed E-state index contributed by atoms with van der Waals surface area (Å²) in [6, 6.07) is 9.79. The summed E-state index contributed by atoms with van der Waals surface area (Å²) in [5, 5.41) is 0. The fourth-order valence-corrected chi connectivity index (χ4v) is 2.43. The molecule has 0 amide bonds. The zero-order chi connectivity index (χ0) is 13.9. The van der Waals surface area contributed by atoms with Crippen LogP contribution in [-0.2, 0) is 11.3 Å². The molecule has 0 bridgehead atoms. The minimum absolute atomic E-state index is 0.297. The van der Waals surface area contributed by atoms with Crippen LogP contribution < -0.4 is 0 Å². The quantitative estimate of drug-likeness (QED) is 0.842. The highest BCUT2D eigenvalue weighted by atomic mass is 19.4. The predicted molar refractivity (Wildman–Crippen MR) is 65.5 cm³/mol. The van der Waals surface area contributed by atoms with Gasteiger partial charge in [-0.2, -0.15) is 13.2 Å². The van der Waals surface area contributed by atoms with Crippen LogP contribution in [0.4, 0.5) is 13.2 Å². The van der Waals surface area contributed by atoms with Crippen molar-refractivity contribution in [3.63, 3.8) is 0 Å². The van der Waals surface area contributed by atoms with Gasteiger partial charge in [-0.3, -0.25) is 9.69 Å². The molecule has 19 heavy (non-hydrogen) atoms. The number of hydrogen-bond acceptors (Lipinski definition) is 2. The summed E-state index contributed by atoms with van der Waals surface area (Å²) in [5.41, 5.74) is 1.14. The van der Waals surface area contributed by atoms with Crippen LogP contribution in [-0.4, -0.2) is 29.9 Å². The smallest absolute Gasteiger partial charge is 0.299 e. The molecule has 1 heterocycles. The molecule has 0 N–H and O–H groups in total. The van der Waals surface area contributed by atoms with Gasteiger partial charge in [-0.1, -0.05) is 30.3 Å². The predicted octanol–water partition coefficient (Wildman–Crippen LogP) is 3.03. The fourth-order valence-electron chi connectivity index (χ4n) is 2.43.